The number of hydrogen-bond donors (Lipinski definition) is 3. The van der Waals surface area contributed by atoms with Gasteiger partial charge in [-0.15, -0.1) is 12.4 Å². The second-order valence-corrected chi connectivity index (χ2v) is 16.6. The first-order valence-electron chi connectivity index (χ1n) is 18.9. The highest BCUT2D eigenvalue weighted by Gasteiger charge is 2.54. The van der Waals surface area contributed by atoms with E-state index in [-0.39, 0.29) is 35.2 Å². The number of nitrogens with zero attached hydrogens (tertiary/aromatic N) is 4. The normalized spacial score (nSPS) is 22.9. The van der Waals surface area contributed by atoms with E-state index in [1.165, 1.54) is 19.3 Å². The summed E-state index contributed by atoms with van der Waals surface area (Å²) in [5, 5.41) is 10.9. The third-order valence-corrected chi connectivity index (χ3v) is 13.1. The van der Waals surface area contributed by atoms with Gasteiger partial charge in [0, 0.05) is 57.1 Å². The fourth-order valence-corrected chi connectivity index (χ4v) is 9.70. The number of carbonyl (C=O) groups excluding carboxylic acids is 2. The van der Waals surface area contributed by atoms with E-state index < -0.39 is 21.6 Å². The summed E-state index contributed by atoms with van der Waals surface area (Å²) < 4.78 is 34.6. The molecule has 4 fully saturated rings. The van der Waals surface area contributed by atoms with Crippen molar-refractivity contribution in [3.8, 4) is 0 Å². The maximum atomic E-state index is 14.1. The zero-order valence-electron chi connectivity index (χ0n) is 30.6. The number of ether oxygens (including phenoxy) is 1. The van der Waals surface area contributed by atoms with Crippen molar-refractivity contribution in [1.29, 1.82) is 0 Å². The molecular formula is C37H58ClN7O5S. The lowest BCUT2D eigenvalue weighted by Crippen LogP contribution is -2.73. The van der Waals surface area contributed by atoms with Crippen molar-refractivity contribution in [1.82, 2.24) is 34.9 Å². The number of piperazine rings is 1. The number of aromatic amines is 1. The lowest BCUT2D eigenvalue weighted by molar-refractivity contribution is -0.162. The van der Waals surface area contributed by atoms with Crippen molar-refractivity contribution in [3.05, 3.63) is 46.8 Å². The molecule has 4 heterocycles. The van der Waals surface area contributed by atoms with E-state index >= 15 is 0 Å². The summed E-state index contributed by atoms with van der Waals surface area (Å²) in [5.74, 6) is 0.582. The van der Waals surface area contributed by atoms with E-state index in [1.54, 1.807) is 12.1 Å². The van der Waals surface area contributed by atoms with Crippen molar-refractivity contribution >= 4 is 34.2 Å². The number of nitrogens with one attached hydrogen (secondary N) is 3. The van der Waals surface area contributed by atoms with Crippen LogP contribution in [0.15, 0.2) is 29.2 Å². The predicted molar refractivity (Wildman–Crippen MR) is 199 cm³/mol. The quantitative estimate of drug-likeness (QED) is 0.279. The van der Waals surface area contributed by atoms with Gasteiger partial charge in [0.2, 0.25) is 21.8 Å². The number of unbranched alkanes of at least 4 members (excludes halogenated alkanes) is 1. The number of aromatic nitrogens is 2. The van der Waals surface area contributed by atoms with Crippen LogP contribution in [0.1, 0.15) is 99.7 Å². The zero-order valence-corrected chi connectivity index (χ0v) is 32.3. The second kappa shape index (κ2) is 17.5. The van der Waals surface area contributed by atoms with Crippen LogP contribution in [0.25, 0.3) is 0 Å². The first kappa shape index (κ1) is 39.7. The van der Waals surface area contributed by atoms with Crippen LogP contribution in [0, 0.1) is 19.8 Å². The van der Waals surface area contributed by atoms with Gasteiger partial charge in [-0.2, -0.15) is 5.10 Å². The van der Waals surface area contributed by atoms with Crippen molar-refractivity contribution in [2.24, 2.45) is 5.92 Å². The molecule has 0 bridgehead atoms. The Bertz CT molecular complexity index is 1550. The molecule has 1 aliphatic carbocycles. The lowest BCUT2D eigenvalue weighted by atomic mass is 9.78. The standard InChI is InChI=1S/C37H57N7O5S.ClH/c1-4-5-18-44-35(45)32(26-29-9-7-6-8-10-29)39-36(46)37(44)15-19-43(20-16-37)34(33-27(2)40-41-28(33)3)30-11-13-31(14-12-30)50(47,48)38-17-21-42-22-24-49-25-23-42;/h11-14,29,32,34,38H,4-10,15-26H2,1-3H3,(H,39,46)(H,40,41);1H/t32-,34?;/m0./s1. The predicted octanol–water partition coefficient (Wildman–Crippen LogP) is 4.08. The number of hydrogen-bond acceptors (Lipinski definition) is 8. The summed E-state index contributed by atoms with van der Waals surface area (Å²) in [7, 11) is -3.68. The van der Waals surface area contributed by atoms with Gasteiger partial charge in [0.15, 0.2) is 0 Å². The number of aryl methyl sites for hydroxylation is 2. The van der Waals surface area contributed by atoms with Gasteiger partial charge in [0.1, 0.15) is 11.6 Å². The summed E-state index contributed by atoms with van der Waals surface area (Å²) >= 11 is 0. The maximum Gasteiger partial charge on any atom is 0.246 e. The molecule has 12 nitrogen and oxygen atoms in total. The Morgan fingerprint density at radius 1 is 1.00 bits per heavy atom. The number of piperidine rings is 1. The molecule has 3 aliphatic heterocycles. The minimum atomic E-state index is -3.68. The Labute approximate surface area is 310 Å². The number of rotatable bonds is 13. The molecule has 2 aromatic rings. The lowest BCUT2D eigenvalue weighted by Gasteiger charge is -2.53. The van der Waals surface area contributed by atoms with Gasteiger partial charge in [-0.3, -0.25) is 24.5 Å². The Morgan fingerprint density at radius 3 is 2.31 bits per heavy atom. The molecule has 1 aromatic heterocycles. The number of likely N-dealkylation sites (tertiary alicyclic amines) is 1. The minimum Gasteiger partial charge on any atom is -0.379 e. The van der Waals surface area contributed by atoms with E-state index in [1.807, 2.05) is 30.9 Å². The minimum absolute atomic E-state index is 0. The van der Waals surface area contributed by atoms with Crippen LogP contribution in [0.5, 0.6) is 0 Å². The molecule has 3 N–H and O–H groups in total. The van der Waals surface area contributed by atoms with Gasteiger partial charge in [0.25, 0.3) is 0 Å². The largest absolute Gasteiger partial charge is 0.379 e. The van der Waals surface area contributed by atoms with Crippen molar-refractivity contribution in [2.75, 3.05) is 59.0 Å². The Hall–Kier alpha value is -2.55. The molecule has 284 valence electrons. The van der Waals surface area contributed by atoms with Gasteiger partial charge < -0.3 is 15.0 Å². The molecule has 1 spiro atoms. The van der Waals surface area contributed by atoms with E-state index in [2.05, 4.69) is 37.0 Å². The topological polar surface area (TPSA) is 140 Å². The Balaban J connectivity index is 0.00000504. The second-order valence-electron chi connectivity index (χ2n) is 14.8. The number of carbonyl (C=O) groups is 2. The molecular weight excluding hydrogens is 690 g/mol. The zero-order chi connectivity index (χ0) is 35.3. The molecule has 51 heavy (non-hydrogen) atoms. The van der Waals surface area contributed by atoms with Crippen molar-refractivity contribution < 1.29 is 22.7 Å². The fourth-order valence-electron chi connectivity index (χ4n) is 8.68. The van der Waals surface area contributed by atoms with Crippen LogP contribution >= 0.6 is 12.4 Å². The fraction of sp³-hybridized carbons (Fsp3) is 0.703. The summed E-state index contributed by atoms with van der Waals surface area (Å²) in [6, 6.07) is 6.54. The molecule has 14 heteroatoms. The number of sulfonamides is 1. The third-order valence-electron chi connectivity index (χ3n) is 11.6. The smallest absolute Gasteiger partial charge is 0.246 e. The molecule has 3 saturated heterocycles. The van der Waals surface area contributed by atoms with E-state index in [0.29, 0.717) is 64.7 Å². The van der Waals surface area contributed by atoms with Crippen LogP contribution < -0.4 is 10.0 Å². The molecule has 2 amide bonds. The molecule has 1 aromatic carbocycles. The number of halogens is 1. The molecule has 1 unspecified atom stereocenters. The van der Waals surface area contributed by atoms with E-state index in [0.717, 1.165) is 67.7 Å². The number of amides is 2. The van der Waals surface area contributed by atoms with Gasteiger partial charge in [0.05, 0.1) is 29.8 Å². The molecule has 4 aliphatic rings. The highest BCUT2D eigenvalue weighted by atomic mass is 35.5. The average molecular weight is 748 g/mol. The van der Waals surface area contributed by atoms with Crippen LogP contribution in [0.3, 0.4) is 0 Å². The van der Waals surface area contributed by atoms with E-state index in [4.69, 9.17) is 4.74 Å². The van der Waals surface area contributed by atoms with Gasteiger partial charge >= 0.3 is 0 Å². The summed E-state index contributed by atoms with van der Waals surface area (Å²) in [5.41, 5.74) is 2.99. The van der Waals surface area contributed by atoms with Crippen molar-refractivity contribution in [3.63, 3.8) is 0 Å². The molecule has 2 atom stereocenters. The van der Waals surface area contributed by atoms with E-state index in [9.17, 15) is 18.0 Å². The van der Waals surface area contributed by atoms with Gasteiger partial charge in [-0.1, -0.05) is 57.6 Å². The highest BCUT2D eigenvalue weighted by Crippen LogP contribution is 2.40. The van der Waals surface area contributed by atoms with Gasteiger partial charge in [-0.05, 0) is 63.1 Å². The van der Waals surface area contributed by atoms with Crippen molar-refractivity contribution in [2.45, 2.75) is 107 Å². The number of benzene rings is 1. The monoisotopic (exact) mass is 747 g/mol. The average Bonchev–Trinajstić information content (AvgIpc) is 3.46. The number of H-pyrrole nitrogens is 1. The summed E-state index contributed by atoms with van der Waals surface area (Å²) in [6.07, 6.45) is 9.60. The Kier molecular flexibility index (Phi) is 13.6. The summed E-state index contributed by atoms with van der Waals surface area (Å²) in [6.45, 7) is 11.9. The highest BCUT2D eigenvalue weighted by molar-refractivity contribution is 7.89. The SMILES string of the molecule is CCCCN1C(=O)[C@H](CC2CCCCC2)NC(=O)C12CCN(C(c1ccc(S(=O)(=O)NCCN3CCOCC3)cc1)c1c(C)n[nH]c1C)CC2.Cl. The number of morpholine rings is 1. The Morgan fingerprint density at radius 2 is 1.69 bits per heavy atom. The van der Waals surface area contributed by atoms with Gasteiger partial charge in [-0.25, -0.2) is 13.1 Å². The maximum absolute atomic E-state index is 14.1. The van der Waals surface area contributed by atoms with Crippen LogP contribution in [0.2, 0.25) is 0 Å². The van der Waals surface area contributed by atoms with Crippen LogP contribution in [-0.4, -0.2) is 116 Å². The molecule has 6 rings (SSSR count). The summed E-state index contributed by atoms with van der Waals surface area (Å²) in [4.78, 5) is 35.0. The molecule has 1 saturated carbocycles. The first-order chi connectivity index (χ1) is 24.1. The molecule has 0 radical (unpaired) electrons. The first-order valence-corrected chi connectivity index (χ1v) is 20.4. The van der Waals surface area contributed by atoms with Crippen LogP contribution in [-0.2, 0) is 24.3 Å². The van der Waals surface area contributed by atoms with Crippen LogP contribution in [0.4, 0.5) is 0 Å². The third kappa shape index (κ3) is 8.81.